The van der Waals surface area contributed by atoms with Crippen LogP contribution in [0.3, 0.4) is 0 Å². The number of halogens is 2. The van der Waals surface area contributed by atoms with E-state index in [1.54, 1.807) is 12.1 Å². The topological polar surface area (TPSA) is 75.3 Å². The van der Waals surface area contributed by atoms with E-state index in [1.165, 1.54) is 20.0 Å². The van der Waals surface area contributed by atoms with Gasteiger partial charge in [0.25, 0.3) is 0 Å². The zero-order chi connectivity index (χ0) is 13.9. The third-order valence-electron chi connectivity index (χ3n) is 2.15. The molecular formula is C10H12Br2N2O3S. The molecule has 1 unspecified atom stereocenters. The van der Waals surface area contributed by atoms with E-state index < -0.39 is 22.0 Å². The summed E-state index contributed by atoms with van der Waals surface area (Å²) >= 11 is 6.37. The van der Waals surface area contributed by atoms with E-state index in [2.05, 4.69) is 41.9 Å². The first kappa shape index (κ1) is 15.6. The summed E-state index contributed by atoms with van der Waals surface area (Å²) in [4.78, 5) is 11.4. The Bertz CT molecular complexity index is 560. The summed E-state index contributed by atoms with van der Waals surface area (Å²) in [6.07, 6.45) is 0. The van der Waals surface area contributed by atoms with Crippen LogP contribution in [0.2, 0.25) is 0 Å². The lowest BCUT2D eigenvalue weighted by molar-refractivity contribution is -0.121. The van der Waals surface area contributed by atoms with Gasteiger partial charge in [-0.05, 0) is 41.1 Å². The van der Waals surface area contributed by atoms with Crippen molar-refractivity contribution in [2.45, 2.75) is 17.9 Å². The molecule has 0 saturated heterocycles. The predicted octanol–water partition coefficient (Wildman–Crippen LogP) is 1.62. The standard InChI is InChI=1S/C10H12Br2N2O3S/c1-6(10(15)13-2)14-18(16,17)9-5-7(11)3-4-8(9)12/h3-6,14H,1-2H3,(H,13,15). The number of carbonyl (C=O) groups is 1. The van der Waals surface area contributed by atoms with E-state index in [-0.39, 0.29) is 4.90 Å². The van der Waals surface area contributed by atoms with Crippen LogP contribution in [0.5, 0.6) is 0 Å². The van der Waals surface area contributed by atoms with Gasteiger partial charge in [-0.15, -0.1) is 0 Å². The highest BCUT2D eigenvalue weighted by atomic mass is 79.9. The number of likely N-dealkylation sites (N-methyl/N-ethyl adjacent to an activating group) is 1. The molecule has 100 valence electrons. The highest BCUT2D eigenvalue weighted by Gasteiger charge is 2.23. The number of nitrogens with one attached hydrogen (secondary N) is 2. The van der Waals surface area contributed by atoms with Crippen LogP contribution < -0.4 is 10.0 Å². The van der Waals surface area contributed by atoms with Gasteiger partial charge < -0.3 is 5.32 Å². The molecule has 0 radical (unpaired) electrons. The first-order chi connectivity index (χ1) is 8.27. The van der Waals surface area contributed by atoms with Gasteiger partial charge in [0.1, 0.15) is 0 Å². The summed E-state index contributed by atoms with van der Waals surface area (Å²) in [6.45, 7) is 1.47. The Kier molecular flexibility index (Phi) is 5.32. The van der Waals surface area contributed by atoms with E-state index in [4.69, 9.17) is 0 Å². The summed E-state index contributed by atoms with van der Waals surface area (Å²) in [6, 6.07) is 3.95. The number of benzene rings is 1. The van der Waals surface area contributed by atoms with Crippen LogP contribution in [0.25, 0.3) is 0 Å². The maximum atomic E-state index is 12.1. The van der Waals surface area contributed by atoms with E-state index >= 15 is 0 Å². The lowest BCUT2D eigenvalue weighted by Gasteiger charge is -2.13. The highest BCUT2D eigenvalue weighted by molar-refractivity contribution is 9.11. The summed E-state index contributed by atoms with van der Waals surface area (Å²) in [5, 5.41) is 2.38. The Morgan fingerprint density at radius 2 is 1.94 bits per heavy atom. The fourth-order valence-corrected chi connectivity index (χ4v) is 3.95. The Hall–Kier alpha value is -0.440. The fourth-order valence-electron chi connectivity index (χ4n) is 1.25. The molecule has 0 fully saturated rings. The van der Waals surface area contributed by atoms with Crippen molar-refractivity contribution in [1.82, 2.24) is 10.0 Å². The average Bonchev–Trinajstić information content (AvgIpc) is 2.30. The van der Waals surface area contributed by atoms with Gasteiger partial charge in [-0.1, -0.05) is 15.9 Å². The molecule has 0 aliphatic rings. The Labute approximate surface area is 123 Å². The van der Waals surface area contributed by atoms with Crippen molar-refractivity contribution in [2.24, 2.45) is 0 Å². The van der Waals surface area contributed by atoms with Gasteiger partial charge in [-0.3, -0.25) is 4.79 Å². The van der Waals surface area contributed by atoms with Gasteiger partial charge in [0, 0.05) is 16.0 Å². The van der Waals surface area contributed by atoms with Gasteiger partial charge in [0.2, 0.25) is 15.9 Å². The van der Waals surface area contributed by atoms with Crippen LogP contribution in [0.1, 0.15) is 6.92 Å². The first-order valence-electron chi connectivity index (χ1n) is 4.97. The van der Waals surface area contributed by atoms with E-state index in [0.29, 0.717) is 8.95 Å². The van der Waals surface area contributed by atoms with Crippen molar-refractivity contribution in [3.8, 4) is 0 Å². The Morgan fingerprint density at radius 1 is 1.33 bits per heavy atom. The maximum absolute atomic E-state index is 12.1. The number of hydrogen-bond acceptors (Lipinski definition) is 3. The molecule has 0 aliphatic carbocycles. The van der Waals surface area contributed by atoms with Gasteiger partial charge in [-0.2, -0.15) is 4.72 Å². The molecule has 0 aliphatic heterocycles. The lowest BCUT2D eigenvalue weighted by Crippen LogP contribution is -2.43. The van der Waals surface area contributed by atoms with Crippen LogP contribution in [-0.4, -0.2) is 27.4 Å². The third kappa shape index (κ3) is 3.78. The zero-order valence-corrected chi connectivity index (χ0v) is 13.7. The van der Waals surface area contributed by atoms with Crippen LogP contribution in [0.15, 0.2) is 32.0 Å². The molecule has 1 atom stereocenters. The second kappa shape index (κ2) is 6.14. The van der Waals surface area contributed by atoms with Crippen LogP contribution in [0.4, 0.5) is 0 Å². The summed E-state index contributed by atoms with van der Waals surface area (Å²) in [5.41, 5.74) is 0. The monoisotopic (exact) mass is 398 g/mol. The van der Waals surface area contributed by atoms with Crippen molar-refractivity contribution >= 4 is 47.8 Å². The van der Waals surface area contributed by atoms with Crippen molar-refractivity contribution in [1.29, 1.82) is 0 Å². The van der Waals surface area contributed by atoms with Gasteiger partial charge >= 0.3 is 0 Å². The summed E-state index contributed by atoms with van der Waals surface area (Å²) in [5.74, 6) is -0.398. The largest absolute Gasteiger partial charge is 0.358 e. The molecule has 1 rings (SSSR count). The molecular weight excluding hydrogens is 388 g/mol. The molecule has 0 saturated carbocycles. The molecule has 0 heterocycles. The second-order valence-corrected chi connectivity index (χ2v) is 6.98. The number of amides is 1. The van der Waals surface area contributed by atoms with E-state index in [0.717, 1.165) is 0 Å². The Balaban J connectivity index is 3.07. The van der Waals surface area contributed by atoms with Crippen LogP contribution in [0, 0.1) is 0 Å². The minimum atomic E-state index is -3.76. The third-order valence-corrected chi connectivity index (χ3v) is 5.18. The highest BCUT2D eigenvalue weighted by Crippen LogP contribution is 2.25. The molecule has 0 spiro atoms. The number of hydrogen-bond donors (Lipinski definition) is 2. The molecule has 0 aromatic heterocycles. The van der Waals surface area contributed by atoms with Crippen molar-refractivity contribution in [2.75, 3.05) is 7.05 Å². The van der Waals surface area contributed by atoms with Crippen molar-refractivity contribution in [3.63, 3.8) is 0 Å². The van der Waals surface area contributed by atoms with E-state index in [1.807, 2.05) is 0 Å². The number of carbonyl (C=O) groups excluding carboxylic acids is 1. The van der Waals surface area contributed by atoms with E-state index in [9.17, 15) is 13.2 Å². The maximum Gasteiger partial charge on any atom is 0.242 e. The van der Waals surface area contributed by atoms with Gasteiger partial charge in [0.15, 0.2) is 0 Å². The van der Waals surface area contributed by atoms with Crippen LogP contribution >= 0.6 is 31.9 Å². The van der Waals surface area contributed by atoms with Crippen LogP contribution in [-0.2, 0) is 14.8 Å². The lowest BCUT2D eigenvalue weighted by atomic mass is 10.3. The smallest absolute Gasteiger partial charge is 0.242 e. The second-order valence-electron chi connectivity index (χ2n) is 3.53. The summed E-state index contributed by atoms with van der Waals surface area (Å²) in [7, 11) is -2.31. The molecule has 2 N–H and O–H groups in total. The number of rotatable bonds is 4. The SMILES string of the molecule is CNC(=O)C(C)NS(=O)(=O)c1cc(Br)ccc1Br. The molecule has 1 aromatic carbocycles. The van der Waals surface area contributed by atoms with Crippen molar-refractivity contribution in [3.05, 3.63) is 27.1 Å². The predicted molar refractivity (Wildman–Crippen MR) is 75.7 cm³/mol. The average molecular weight is 400 g/mol. The first-order valence-corrected chi connectivity index (χ1v) is 8.04. The van der Waals surface area contributed by atoms with Gasteiger partial charge in [-0.25, -0.2) is 8.42 Å². The van der Waals surface area contributed by atoms with Gasteiger partial charge in [0.05, 0.1) is 10.9 Å². The fraction of sp³-hybridized carbons (Fsp3) is 0.300. The summed E-state index contributed by atoms with van der Waals surface area (Å²) < 4.78 is 27.6. The minimum Gasteiger partial charge on any atom is -0.358 e. The number of sulfonamides is 1. The zero-order valence-electron chi connectivity index (χ0n) is 9.70. The minimum absolute atomic E-state index is 0.0765. The quantitative estimate of drug-likeness (QED) is 0.807. The molecule has 1 amide bonds. The molecule has 0 bridgehead atoms. The van der Waals surface area contributed by atoms with Crippen molar-refractivity contribution < 1.29 is 13.2 Å². The Morgan fingerprint density at radius 3 is 2.50 bits per heavy atom. The molecule has 18 heavy (non-hydrogen) atoms. The molecule has 8 heteroatoms. The normalized spacial score (nSPS) is 13.1. The molecule has 5 nitrogen and oxygen atoms in total. The molecule has 1 aromatic rings.